The van der Waals surface area contributed by atoms with Crippen LogP contribution in [0.2, 0.25) is 0 Å². The molecule has 1 aliphatic rings. The fraction of sp³-hybridized carbons (Fsp3) is 0.833. The average Bonchev–Trinajstić information content (AvgIpc) is 2.68. The Bertz CT molecular complexity index is 276. The molecule has 1 amide bonds. The molecule has 0 aromatic carbocycles. The van der Waals surface area contributed by atoms with Gasteiger partial charge in [-0.05, 0) is 26.3 Å². The van der Waals surface area contributed by atoms with Gasteiger partial charge in [-0.15, -0.1) is 0 Å². The first kappa shape index (κ1) is 13.0. The second kappa shape index (κ2) is 5.86. The summed E-state index contributed by atoms with van der Waals surface area (Å²) in [4.78, 5) is 12.2. The summed E-state index contributed by atoms with van der Waals surface area (Å²) in [6.45, 7) is 5.67. The van der Waals surface area contributed by atoms with Gasteiger partial charge in [0.2, 0.25) is 5.91 Å². The zero-order valence-corrected chi connectivity index (χ0v) is 10.2. The third-order valence-electron chi connectivity index (χ3n) is 3.23. The zero-order chi connectivity index (χ0) is 12.0. The first-order valence-corrected chi connectivity index (χ1v) is 6.03. The molecule has 2 atom stereocenters. The highest BCUT2D eigenvalue weighted by atomic mass is 16.2. The molecule has 16 heavy (non-hydrogen) atoms. The molecule has 0 aromatic rings. The summed E-state index contributed by atoms with van der Waals surface area (Å²) in [5, 5.41) is 14.8. The van der Waals surface area contributed by atoms with E-state index in [0.29, 0.717) is 6.42 Å². The molecule has 1 heterocycles. The Hall–Kier alpha value is -1.08. The first-order chi connectivity index (χ1) is 7.64. The Labute approximate surface area is 97.4 Å². The summed E-state index contributed by atoms with van der Waals surface area (Å²) in [7, 11) is 0. The Morgan fingerprint density at radius 2 is 2.44 bits per heavy atom. The van der Waals surface area contributed by atoms with Crippen molar-refractivity contribution in [2.45, 2.75) is 45.6 Å². The van der Waals surface area contributed by atoms with Gasteiger partial charge in [-0.3, -0.25) is 4.79 Å². The molecule has 4 heteroatoms. The second-order valence-corrected chi connectivity index (χ2v) is 4.69. The minimum absolute atomic E-state index is 0.0492. The summed E-state index contributed by atoms with van der Waals surface area (Å²) in [5.74, 6) is 0.113. The molecule has 1 aliphatic heterocycles. The fourth-order valence-corrected chi connectivity index (χ4v) is 2.31. The maximum atomic E-state index is 12.2. The predicted octanol–water partition coefficient (Wildman–Crippen LogP) is 1.18. The standard InChI is InChI=1S/C12H21N3O/c1-3-5-12(6-8-14-9-12)11(16)15-10(2)4-7-13/h10,14H,3-6,8-9H2,1-2H3,(H,15,16). The van der Waals surface area contributed by atoms with Gasteiger partial charge in [0.05, 0.1) is 17.9 Å². The van der Waals surface area contributed by atoms with Gasteiger partial charge in [0.15, 0.2) is 0 Å². The van der Waals surface area contributed by atoms with E-state index in [1.54, 1.807) is 0 Å². The lowest BCUT2D eigenvalue weighted by atomic mass is 9.81. The van der Waals surface area contributed by atoms with Gasteiger partial charge in [0.1, 0.15) is 0 Å². The Morgan fingerprint density at radius 3 is 2.94 bits per heavy atom. The fourth-order valence-electron chi connectivity index (χ4n) is 2.31. The van der Waals surface area contributed by atoms with Gasteiger partial charge in [-0.2, -0.15) is 5.26 Å². The van der Waals surface area contributed by atoms with E-state index in [2.05, 4.69) is 23.6 Å². The van der Waals surface area contributed by atoms with E-state index in [-0.39, 0.29) is 17.4 Å². The Morgan fingerprint density at radius 1 is 1.69 bits per heavy atom. The number of rotatable bonds is 5. The number of hydrogen-bond donors (Lipinski definition) is 2. The molecule has 90 valence electrons. The van der Waals surface area contributed by atoms with E-state index >= 15 is 0 Å². The zero-order valence-electron chi connectivity index (χ0n) is 10.2. The van der Waals surface area contributed by atoms with Crippen molar-refractivity contribution in [2.24, 2.45) is 5.41 Å². The SMILES string of the molecule is CCCC1(C(=O)NC(C)CC#N)CCNC1. The molecule has 2 N–H and O–H groups in total. The molecule has 0 saturated carbocycles. The van der Waals surface area contributed by atoms with Gasteiger partial charge in [0.25, 0.3) is 0 Å². The van der Waals surface area contributed by atoms with Crippen LogP contribution in [0, 0.1) is 16.7 Å². The molecule has 0 bridgehead atoms. The Balaban J connectivity index is 2.58. The molecule has 1 fully saturated rings. The summed E-state index contributed by atoms with van der Waals surface area (Å²) in [5.41, 5.74) is -0.238. The molecular weight excluding hydrogens is 202 g/mol. The lowest BCUT2D eigenvalue weighted by Gasteiger charge is -2.27. The van der Waals surface area contributed by atoms with Crippen LogP contribution in [0.1, 0.15) is 39.5 Å². The van der Waals surface area contributed by atoms with Gasteiger partial charge in [-0.25, -0.2) is 0 Å². The van der Waals surface area contributed by atoms with Crippen LogP contribution < -0.4 is 10.6 Å². The maximum absolute atomic E-state index is 12.2. The van der Waals surface area contributed by atoms with Crippen LogP contribution in [0.15, 0.2) is 0 Å². The summed E-state index contributed by atoms with van der Waals surface area (Å²) >= 11 is 0. The molecular formula is C12H21N3O. The van der Waals surface area contributed by atoms with Crippen molar-refractivity contribution in [2.75, 3.05) is 13.1 Å². The lowest BCUT2D eigenvalue weighted by Crippen LogP contribution is -2.45. The highest BCUT2D eigenvalue weighted by molar-refractivity contribution is 5.83. The number of carbonyl (C=O) groups excluding carboxylic acids is 1. The third kappa shape index (κ3) is 2.96. The minimum Gasteiger partial charge on any atom is -0.352 e. The van der Waals surface area contributed by atoms with Crippen LogP contribution >= 0.6 is 0 Å². The van der Waals surface area contributed by atoms with E-state index < -0.39 is 0 Å². The largest absolute Gasteiger partial charge is 0.352 e. The predicted molar refractivity (Wildman–Crippen MR) is 62.7 cm³/mol. The Kier molecular flexibility index (Phi) is 4.75. The number of nitrogens with zero attached hydrogens (tertiary/aromatic N) is 1. The molecule has 4 nitrogen and oxygen atoms in total. The van der Waals surface area contributed by atoms with Gasteiger partial charge >= 0.3 is 0 Å². The second-order valence-electron chi connectivity index (χ2n) is 4.69. The quantitative estimate of drug-likeness (QED) is 0.735. The van der Waals surface area contributed by atoms with Gasteiger partial charge < -0.3 is 10.6 Å². The van der Waals surface area contributed by atoms with Gasteiger partial charge in [-0.1, -0.05) is 13.3 Å². The van der Waals surface area contributed by atoms with Crippen molar-refractivity contribution >= 4 is 5.91 Å². The van der Waals surface area contributed by atoms with E-state index in [1.807, 2.05) is 6.92 Å². The number of hydrogen-bond acceptors (Lipinski definition) is 3. The van der Waals surface area contributed by atoms with Gasteiger partial charge in [0, 0.05) is 12.6 Å². The molecule has 1 saturated heterocycles. The molecule has 2 unspecified atom stereocenters. The molecule has 1 rings (SSSR count). The average molecular weight is 223 g/mol. The number of nitrogens with one attached hydrogen (secondary N) is 2. The molecule has 0 aliphatic carbocycles. The lowest BCUT2D eigenvalue weighted by molar-refractivity contribution is -0.131. The van der Waals surface area contributed by atoms with Crippen molar-refractivity contribution in [1.29, 1.82) is 5.26 Å². The maximum Gasteiger partial charge on any atom is 0.227 e. The van der Waals surface area contributed by atoms with Crippen molar-refractivity contribution in [3.63, 3.8) is 0 Å². The van der Waals surface area contributed by atoms with E-state index in [1.165, 1.54) is 0 Å². The molecule has 0 radical (unpaired) electrons. The summed E-state index contributed by atoms with van der Waals surface area (Å²) < 4.78 is 0. The highest BCUT2D eigenvalue weighted by Gasteiger charge is 2.40. The van der Waals surface area contributed by atoms with E-state index in [0.717, 1.165) is 32.4 Å². The summed E-state index contributed by atoms with van der Waals surface area (Å²) in [6.07, 6.45) is 3.22. The topological polar surface area (TPSA) is 64.9 Å². The summed E-state index contributed by atoms with van der Waals surface area (Å²) in [6, 6.07) is 2.03. The van der Waals surface area contributed by atoms with Crippen molar-refractivity contribution in [3.05, 3.63) is 0 Å². The van der Waals surface area contributed by atoms with Crippen LogP contribution in [-0.4, -0.2) is 25.0 Å². The van der Waals surface area contributed by atoms with Crippen LogP contribution in [-0.2, 0) is 4.79 Å². The van der Waals surface area contributed by atoms with Crippen molar-refractivity contribution in [1.82, 2.24) is 10.6 Å². The number of amides is 1. The van der Waals surface area contributed by atoms with Crippen LogP contribution in [0.25, 0.3) is 0 Å². The number of nitriles is 1. The van der Waals surface area contributed by atoms with E-state index in [9.17, 15) is 4.79 Å². The van der Waals surface area contributed by atoms with E-state index in [4.69, 9.17) is 5.26 Å². The first-order valence-electron chi connectivity index (χ1n) is 6.03. The molecule has 0 aromatic heterocycles. The molecule has 0 spiro atoms. The number of carbonyl (C=O) groups is 1. The van der Waals surface area contributed by atoms with Crippen LogP contribution in [0.4, 0.5) is 0 Å². The van der Waals surface area contributed by atoms with Crippen LogP contribution in [0.5, 0.6) is 0 Å². The third-order valence-corrected chi connectivity index (χ3v) is 3.23. The minimum atomic E-state index is -0.238. The highest BCUT2D eigenvalue weighted by Crippen LogP contribution is 2.31. The van der Waals surface area contributed by atoms with Crippen molar-refractivity contribution in [3.8, 4) is 6.07 Å². The normalized spacial score (nSPS) is 26.1. The monoisotopic (exact) mass is 223 g/mol. The van der Waals surface area contributed by atoms with Crippen molar-refractivity contribution < 1.29 is 4.79 Å². The smallest absolute Gasteiger partial charge is 0.227 e. The van der Waals surface area contributed by atoms with Crippen LogP contribution in [0.3, 0.4) is 0 Å².